The summed E-state index contributed by atoms with van der Waals surface area (Å²) in [7, 11) is 0. The summed E-state index contributed by atoms with van der Waals surface area (Å²) in [6.07, 6.45) is 3.42. The van der Waals surface area contributed by atoms with E-state index in [9.17, 15) is 14.0 Å². The Morgan fingerprint density at radius 2 is 1.97 bits per heavy atom. The molecule has 1 aromatic carbocycles. The second kappa shape index (κ2) is 10.9. The zero-order valence-corrected chi connectivity index (χ0v) is 21.5. The Bertz CT molecular complexity index is 1320. The molecule has 11 heteroatoms. The number of hydrogen-bond acceptors (Lipinski definition) is 9. The highest BCUT2D eigenvalue weighted by Gasteiger charge is 2.34. The maximum atomic E-state index is 14.3. The lowest BCUT2D eigenvalue weighted by molar-refractivity contribution is 0.213. The number of pyridine rings is 1. The van der Waals surface area contributed by atoms with Crippen molar-refractivity contribution in [2.45, 2.75) is 44.6 Å². The van der Waals surface area contributed by atoms with Gasteiger partial charge in [0.2, 0.25) is 5.88 Å². The van der Waals surface area contributed by atoms with Crippen LogP contribution in [0.4, 0.5) is 20.5 Å². The van der Waals surface area contributed by atoms with E-state index in [4.69, 9.17) is 15.0 Å². The smallest absolute Gasteiger partial charge is 0.324 e. The largest absolute Gasteiger partial charge is 0.476 e. The molecule has 0 radical (unpaired) electrons. The molecule has 0 amide bonds. The summed E-state index contributed by atoms with van der Waals surface area (Å²) >= 11 is 0. The first kappa shape index (κ1) is 25.9. The van der Waals surface area contributed by atoms with E-state index in [-0.39, 0.29) is 29.3 Å². The molecule has 2 aromatic heterocycles. The number of ether oxygens (including phenoxy) is 1. The molecule has 200 valence electrons. The molecule has 2 unspecified atom stereocenters. The van der Waals surface area contributed by atoms with Crippen molar-refractivity contribution in [1.82, 2.24) is 15.1 Å². The van der Waals surface area contributed by atoms with E-state index in [0.29, 0.717) is 48.7 Å². The standard InChI is InChI=1S/C27H31F2N7O2/c1-16(2)25-33-27(38-34-25)35-7-5-17(6-8-35)15-37-26-18(11-30)9-20(12-32-26)36-13-22(24(31)14-36)21-10-19(28)3-4-23(21)29/h3-4,9-10,12,16-17,22,24H,5-8,13-15,31H2,1-2H3. The number of piperidine rings is 1. The molecule has 2 saturated heterocycles. The lowest BCUT2D eigenvalue weighted by Gasteiger charge is -2.30. The summed E-state index contributed by atoms with van der Waals surface area (Å²) in [4.78, 5) is 12.9. The number of hydrogen-bond donors (Lipinski definition) is 1. The van der Waals surface area contributed by atoms with Gasteiger partial charge in [-0.15, -0.1) is 0 Å². The Hall–Kier alpha value is -3.78. The third kappa shape index (κ3) is 5.41. The van der Waals surface area contributed by atoms with Crippen molar-refractivity contribution >= 4 is 11.7 Å². The van der Waals surface area contributed by atoms with Crippen LogP contribution in [0.25, 0.3) is 0 Å². The Labute approximate surface area is 220 Å². The second-order valence-corrected chi connectivity index (χ2v) is 10.3. The number of benzene rings is 1. The molecular formula is C27H31F2N7O2. The van der Waals surface area contributed by atoms with E-state index in [1.165, 1.54) is 6.07 Å². The fourth-order valence-corrected chi connectivity index (χ4v) is 5.05. The van der Waals surface area contributed by atoms with Gasteiger partial charge in [0.05, 0.1) is 18.5 Å². The van der Waals surface area contributed by atoms with Gasteiger partial charge in [0.1, 0.15) is 23.3 Å². The Balaban J connectivity index is 1.18. The van der Waals surface area contributed by atoms with E-state index in [1.54, 1.807) is 12.3 Å². The van der Waals surface area contributed by atoms with Crippen molar-refractivity contribution in [3.8, 4) is 11.9 Å². The normalized spacial score (nSPS) is 20.2. The zero-order valence-electron chi connectivity index (χ0n) is 21.5. The molecule has 38 heavy (non-hydrogen) atoms. The predicted octanol–water partition coefficient (Wildman–Crippen LogP) is 3.96. The van der Waals surface area contributed by atoms with Gasteiger partial charge in [-0.25, -0.2) is 13.8 Å². The molecule has 2 N–H and O–H groups in total. The molecule has 2 aliphatic rings. The maximum Gasteiger partial charge on any atom is 0.324 e. The molecule has 4 heterocycles. The van der Waals surface area contributed by atoms with Gasteiger partial charge in [0.15, 0.2) is 5.82 Å². The van der Waals surface area contributed by atoms with Crippen LogP contribution in [0, 0.1) is 28.9 Å². The third-order valence-corrected chi connectivity index (χ3v) is 7.33. The van der Waals surface area contributed by atoms with Gasteiger partial charge >= 0.3 is 6.01 Å². The van der Waals surface area contributed by atoms with E-state index in [2.05, 4.69) is 26.1 Å². The summed E-state index contributed by atoms with van der Waals surface area (Å²) < 4.78 is 39.4. The van der Waals surface area contributed by atoms with Crippen molar-refractivity contribution in [2.24, 2.45) is 11.7 Å². The summed E-state index contributed by atoms with van der Waals surface area (Å²) in [5.74, 6) is 0.170. The molecule has 0 spiro atoms. The highest BCUT2D eigenvalue weighted by molar-refractivity contribution is 5.55. The summed E-state index contributed by atoms with van der Waals surface area (Å²) in [6, 6.07) is 7.47. The van der Waals surface area contributed by atoms with E-state index in [1.807, 2.05) is 18.7 Å². The van der Waals surface area contributed by atoms with Crippen LogP contribution in [0.15, 0.2) is 35.0 Å². The van der Waals surface area contributed by atoms with Crippen LogP contribution in [0.2, 0.25) is 0 Å². The SMILES string of the molecule is CC(C)c1noc(N2CCC(COc3ncc(N4CC(N)C(c5cc(F)ccc5F)C4)cc3C#N)CC2)n1. The average molecular weight is 524 g/mol. The molecular weight excluding hydrogens is 492 g/mol. The zero-order chi connectivity index (χ0) is 26.8. The van der Waals surface area contributed by atoms with Crippen LogP contribution in [0.3, 0.4) is 0 Å². The van der Waals surface area contributed by atoms with Gasteiger partial charge in [-0.05, 0) is 48.6 Å². The van der Waals surface area contributed by atoms with Crippen molar-refractivity contribution in [2.75, 3.05) is 42.6 Å². The predicted molar refractivity (Wildman–Crippen MR) is 137 cm³/mol. The van der Waals surface area contributed by atoms with Crippen LogP contribution in [-0.2, 0) is 0 Å². The first-order valence-corrected chi connectivity index (χ1v) is 12.9. The van der Waals surface area contributed by atoms with Crippen LogP contribution in [0.1, 0.15) is 55.5 Å². The van der Waals surface area contributed by atoms with Crippen molar-refractivity contribution in [3.05, 3.63) is 59.0 Å². The molecule has 0 bridgehead atoms. The number of rotatable bonds is 7. The molecule has 0 aliphatic carbocycles. The van der Waals surface area contributed by atoms with Crippen molar-refractivity contribution < 1.29 is 18.0 Å². The van der Waals surface area contributed by atoms with Gasteiger partial charge in [-0.3, -0.25) is 0 Å². The van der Waals surface area contributed by atoms with Gasteiger partial charge in [-0.1, -0.05) is 19.0 Å². The highest BCUT2D eigenvalue weighted by Crippen LogP contribution is 2.33. The summed E-state index contributed by atoms with van der Waals surface area (Å²) in [5.41, 5.74) is 7.57. The Morgan fingerprint density at radius 1 is 1.18 bits per heavy atom. The van der Waals surface area contributed by atoms with Crippen LogP contribution >= 0.6 is 0 Å². The molecule has 3 aromatic rings. The molecule has 2 fully saturated rings. The summed E-state index contributed by atoms with van der Waals surface area (Å²) in [6.45, 7) is 6.90. The fraction of sp³-hybridized carbons (Fsp3) is 0.481. The third-order valence-electron chi connectivity index (χ3n) is 7.33. The monoisotopic (exact) mass is 523 g/mol. The van der Waals surface area contributed by atoms with Gasteiger partial charge in [0.25, 0.3) is 0 Å². The Morgan fingerprint density at radius 3 is 2.68 bits per heavy atom. The average Bonchev–Trinajstić information content (AvgIpc) is 3.57. The lowest BCUT2D eigenvalue weighted by atomic mass is 9.94. The fourth-order valence-electron chi connectivity index (χ4n) is 5.05. The van der Waals surface area contributed by atoms with Crippen molar-refractivity contribution in [1.29, 1.82) is 5.26 Å². The first-order chi connectivity index (χ1) is 18.3. The van der Waals surface area contributed by atoms with Gasteiger partial charge in [0, 0.05) is 44.1 Å². The minimum absolute atomic E-state index is 0.215. The quantitative estimate of drug-likeness (QED) is 0.491. The molecule has 0 saturated carbocycles. The van der Waals surface area contributed by atoms with E-state index < -0.39 is 11.6 Å². The first-order valence-electron chi connectivity index (χ1n) is 12.9. The lowest BCUT2D eigenvalue weighted by Crippen LogP contribution is -2.35. The number of nitrogens with two attached hydrogens (primary N) is 1. The van der Waals surface area contributed by atoms with Crippen LogP contribution in [-0.4, -0.2) is 54.0 Å². The number of halogens is 2. The second-order valence-electron chi connectivity index (χ2n) is 10.3. The van der Waals surface area contributed by atoms with E-state index >= 15 is 0 Å². The highest BCUT2D eigenvalue weighted by atomic mass is 19.1. The van der Waals surface area contributed by atoms with Crippen LogP contribution < -0.4 is 20.3 Å². The number of nitrogens with zero attached hydrogens (tertiary/aromatic N) is 6. The van der Waals surface area contributed by atoms with E-state index in [0.717, 1.165) is 38.1 Å². The minimum Gasteiger partial charge on any atom is -0.476 e. The molecule has 5 rings (SSSR count). The number of nitriles is 1. The van der Waals surface area contributed by atoms with Crippen LogP contribution in [0.5, 0.6) is 5.88 Å². The minimum atomic E-state index is -0.498. The Kier molecular flexibility index (Phi) is 7.42. The molecule has 2 atom stereocenters. The molecule has 9 nitrogen and oxygen atoms in total. The van der Waals surface area contributed by atoms with Gasteiger partial charge < -0.3 is 24.8 Å². The number of aromatic nitrogens is 3. The maximum absolute atomic E-state index is 14.3. The topological polar surface area (TPSA) is 117 Å². The number of anilines is 2. The van der Waals surface area contributed by atoms with Gasteiger partial charge in [-0.2, -0.15) is 10.2 Å². The van der Waals surface area contributed by atoms with Crippen molar-refractivity contribution in [3.63, 3.8) is 0 Å². The summed E-state index contributed by atoms with van der Waals surface area (Å²) in [5, 5.41) is 13.8. The molecule has 2 aliphatic heterocycles.